The first-order chi connectivity index (χ1) is 16.1. The van der Waals surface area contributed by atoms with Crippen LogP contribution in [0.5, 0.6) is 0 Å². The summed E-state index contributed by atoms with van der Waals surface area (Å²) < 4.78 is 0.893. The van der Waals surface area contributed by atoms with Crippen LogP contribution >= 0.6 is 27.7 Å². The normalized spacial score (nSPS) is 20.6. The summed E-state index contributed by atoms with van der Waals surface area (Å²) in [4.78, 5) is 41.6. The fraction of sp³-hybridized carbons (Fsp3) is 0.346. The minimum atomic E-state index is -0.442. The predicted octanol–water partition coefficient (Wildman–Crippen LogP) is 6.24. The van der Waals surface area contributed by atoms with E-state index in [0.717, 1.165) is 39.7 Å². The van der Waals surface area contributed by atoms with E-state index < -0.39 is 17.1 Å². The van der Waals surface area contributed by atoms with Crippen molar-refractivity contribution in [2.75, 3.05) is 23.3 Å². The number of amides is 3. The van der Waals surface area contributed by atoms with Crippen LogP contribution in [0.15, 0.2) is 51.8 Å². The molecule has 0 unspecified atom stereocenters. The summed E-state index contributed by atoms with van der Waals surface area (Å²) in [5.74, 6) is -0.475. The molecule has 8 heteroatoms. The highest BCUT2D eigenvalue weighted by molar-refractivity contribution is 9.10. The largest absolute Gasteiger partial charge is 0.366 e. The summed E-state index contributed by atoms with van der Waals surface area (Å²) in [6, 6.07) is 13.3. The van der Waals surface area contributed by atoms with Gasteiger partial charge in [0.25, 0.3) is 11.1 Å². The smallest absolute Gasteiger partial charge is 0.294 e. The van der Waals surface area contributed by atoms with Crippen LogP contribution < -0.4 is 10.2 Å². The minimum Gasteiger partial charge on any atom is -0.366 e. The first-order valence-corrected chi connectivity index (χ1v) is 12.9. The van der Waals surface area contributed by atoms with Crippen molar-refractivity contribution >= 4 is 62.2 Å². The van der Waals surface area contributed by atoms with Crippen LogP contribution in [-0.2, 0) is 9.59 Å². The highest BCUT2D eigenvalue weighted by Gasteiger charge is 2.37. The van der Waals surface area contributed by atoms with Gasteiger partial charge in [-0.1, -0.05) is 28.9 Å². The maximum atomic E-state index is 12.9. The fourth-order valence-electron chi connectivity index (χ4n) is 4.86. The number of imide groups is 1. The van der Waals surface area contributed by atoms with Crippen molar-refractivity contribution in [2.45, 2.75) is 45.6 Å². The molecule has 3 amide bonds. The van der Waals surface area contributed by atoms with Gasteiger partial charge in [0, 0.05) is 27.9 Å². The zero-order valence-electron chi connectivity index (χ0n) is 19.7. The van der Waals surface area contributed by atoms with Gasteiger partial charge in [-0.05, 0) is 98.5 Å². The molecule has 1 fully saturated rings. The van der Waals surface area contributed by atoms with Crippen molar-refractivity contribution in [2.24, 2.45) is 0 Å². The molecule has 2 aromatic carbocycles. The molecule has 34 heavy (non-hydrogen) atoms. The van der Waals surface area contributed by atoms with Crippen molar-refractivity contribution in [3.63, 3.8) is 0 Å². The van der Waals surface area contributed by atoms with E-state index in [9.17, 15) is 14.4 Å². The topological polar surface area (TPSA) is 69.7 Å². The van der Waals surface area contributed by atoms with E-state index in [1.54, 1.807) is 30.3 Å². The molecule has 0 radical (unpaired) electrons. The standard InChI is InChI=1S/C26H28BrN3O3S/c1-5-30-21-11-6-17(12-20(21)16(2)14-26(30,3)4)13-22-24(32)29(25(33)34-22)15-23(31)28-19-9-7-18(27)8-10-19/h6-13,16H,5,14-15H2,1-4H3,(H,28,31)/b22-13-/t16-/m0/s1. The number of nitrogens with zero attached hydrogens (tertiary/aromatic N) is 2. The number of hydrogen-bond donors (Lipinski definition) is 1. The summed E-state index contributed by atoms with van der Waals surface area (Å²) in [6.07, 6.45) is 2.79. The van der Waals surface area contributed by atoms with Crippen molar-refractivity contribution < 1.29 is 14.4 Å². The molecule has 0 aliphatic carbocycles. The van der Waals surface area contributed by atoms with Crippen molar-refractivity contribution in [1.29, 1.82) is 0 Å². The number of halogens is 1. The first-order valence-electron chi connectivity index (χ1n) is 11.3. The second kappa shape index (κ2) is 9.58. The second-order valence-electron chi connectivity index (χ2n) is 9.30. The third-order valence-corrected chi connectivity index (χ3v) is 7.76. The van der Waals surface area contributed by atoms with Crippen LogP contribution in [-0.4, -0.2) is 40.6 Å². The molecule has 2 aliphatic rings. The minimum absolute atomic E-state index is 0.0855. The van der Waals surface area contributed by atoms with Crippen LogP contribution in [0.25, 0.3) is 6.08 Å². The third kappa shape index (κ3) is 4.93. The van der Waals surface area contributed by atoms with Crippen LogP contribution in [0, 0.1) is 0 Å². The number of hydrogen-bond acceptors (Lipinski definition) is 5. The maximum Gasteiger partial charge on any atom is 0.294 e. The van der Waals surface area contributed by atoms with E-state index in [0.29, 0.717) is 16.5 Å². The Labute approximate surface area is 212 Å². The van der Waals surface area contributed by atoms with Gasteiger partial charge >= 0.3 is 0 Å². The van der Waals surface area contributed by atoms with Crippen molar-refractivity contribution in [3.05, 3.63) is 63.0 Å². The Morgan fingerprint density at radius 2 is 1.91 bits per heavy atom. The van der Waals surface area contributed by atoms with Gasteiger partial charge in [0.15, 0.2) is 0 Å². The Hall–Kier alpha value is -2.58. The molecular weight excluding hydrogens is 514 g/mol. The number of rotatable bonds is 5. The van der Waals surface area contributed by atoms with Crippen molar-refractivity contribution in [1.82, 2.24) is 4.90 Å². The lowest BCUT2D eigenvalue weighted by atomic mass is 9.79. The van der Waals surface area contributed by atoms with E-state index in [2.05, 4.69) is 66.0 Å². The van der Waals surface area contributed by atoms with Gasteiger partial charge < -0.3 is 10.2 Å². The quantitative estimate of drug-likeness (QED) is 0.454. The highest BCUT2D eigenvalue weighted by atomic mass is 79.9. The van der Waals surface area contributed by atoms with Gasteiger partial charge in [0.2, 0.25) is 5.91 Å². The van der Waals surface area contributed by atoms with Gasteiger partial charge in [-0.3, -0.25) is 19.3 Å². The number of anilines is 2. The number of thioether (sulfide) groups is 1. The number of nitrogens with one attached hydrogen (secondary N) is 1. The maximum absolute atomic E-state index is 12.9. The second-order valence-corrected chi connectivity index (χ2v) is 11.2. The predicted molar refractivity (Wildman–Crippen MR) is 142 cm³/mol. The molecule has 1 saturated heterocycles. The molecule has 2 heterocycles. The fourth-order valence-corrected chi connectivity index (χ4v) is 5.96. The van der Waals surface area contributed by atoms with E-state index in [4.69, 9.17) is 0 Å². The van der Waals surface area contributed by atoms with Crippen molar-refractivity contribution in [3.8, 4) is 0 Å². The molecule has 2 aliphatic heterocycles. The monoisotopic (exact) mass is 541 g/mol. The van der Waals surface area contributed by atoms with Crippen LogP contribution in [0.3, 0.4) is 0 Å². The van der Waals surface area contributed by atoms with Gasteiger partial charge in [0.1, 0.15) is 6.54 Å². The molecule has 0 saturated carbocycles. The zero-order chi connectivity index (χ0) is 24.6. The molecule has 0 spiro atoms. The molecular formula is C26H28BrN3O3S. The average Bonchev–Trinajstić information content (AvgIpc) is 3.02. The molecule has 0 aromatic heterocycles. The van der Waals surface area contributed by atoms with E-state index in [1.807, 2.05) is 6.07 Å². The number of carbonyl (C=O) groups is 3. The molecule has 6 nitrogen and oxygen atoms in total. The summed E-state index contributed by atoms with van der Waals surface area (Å²) in [6.45, 7) is 9.54. The lowest BCUT2D eigenvalue weighted by Crippen LogP contribution is -2.48. The first kappa shape index (κ1) is 24.5. The number of fused-ring (bicyclic) bond motifs is 1. The summed E-state index contributed by atoms with van der Waals surface area (Å²) in [5.41, 5.74) is 4.04. The van der Waals surface area contributed by atoms with Gasteiger partial charge in [-0.2, -0.15) is 0 Å². The molecule has 1 atom stereocenters. The summed E-state index contributed by atoms with van der Waals surface area (Å²) in [7, 11) is 0. The van der Waals surface area contributed by atoms with E-state index >= 15 is 0 Å². The Kier molecular flexibility index (Phi) is 6.92. The SMILES string of the molecule is CCN1c2ccc(/C=C3\SC(=O)N(CC(=O)Nc4ccc(Br)cc4)C3=O)cc2[C@@H](C)CC1(C)C. The van der Waals surface area contributed by atoms with Crippen LogP contribution in [0.2, 0.25) is 0 Å². The Morgan fingerprint density at radius 1 is 1.21 bits per heavy atom. The molecule has 1 N–H and O–H groups in total. The van der Waals surface area contributed by atoms with E-state index in [1.165, 1.54) is 11.3 Å². The number of benzene rings is 2. The summed E-state index contributed by atoms with van der Waals surface area (Å²) >= 11 is 4.22. The van der Waals surface area contributed by atoms with Gasteiger partial charge in [0.05, 0.1) is 4.91 Å². The molecule has 4 rings (SSSR count). The van der Waals surface area contributed by atoms with Crippen LogP contribution in [0.4, 0.5) is 16.2 Å². The molecule has 0 bridgehead atoms. The van der Waals surface area contributed by atoms with Gasteiger partial charge in [-0.25, -0.2) is 0 Å². The Morgan fingerprint density at radius 3 is 2.59 bits per heavy atom. The Balaban J connectivity index is 1.50. The van der Waals surface area contributed by atoms with E-state index in [-0.39, 0.29) is 12.1 Å². The highest BCUT2D eigenvalue weighted by Crippen LogP contribution is 2.44. The average molecular weight is 542 g/mol. The molecule has 2 aromatic rings. The molecule has 178 valence electrons. The van der Waals surface area contributed by atoms with Crippen LogP contribution in [0.1, 0.15) is 51.2 Å². The van der Waals surface area contributed by atoms with Gasteiger partial charge in [-0.15, -0.1) is 0 Å². The zero-order valence-corrected chi connectivity index (χ0v) is 22.1. The lowest BCUT2D eigenvalue weighted by molar-refractivity contribution is -0.127. The summed E-state index contributed by atoms with van der Waals surface area (Å²) in [5, 5.41) is 2.28. The lowest BCUT2D eigenvalue weighted by Gasteiger charge is -2.47. The Bertz CT molecular complexity index is 1180. The number of carbonyl (C=O) groups excluding carboxylic acids is 3. The third-order valence-electron chi connectivity index (χ3n) is 6.33.